The summed E-state index contributed by atoms with van der Waals surface area (Å²) >= 11 is 0. The Hall–Kier alpha value is -0.160. The Morgan fingerprint density at radius 2 is 1.50 bits per heavy atom. The first-order chi connectivity index (χ1) is 16.3. The minimum atomic E-state index is -0.124. The third kappa shape index (κ3) is 3.59. The molecule has 0 spiro atoms. The van der Waals surface area contributed by atoms with Crippen molar-refractivity contribution in [2.24, 2.45) is 34.5 Å². The van der Waals surface area contributed by atoms with Crippen molar-refractivity contribution < 1.29 is 14.7 Å². The van der Waals surface area contributed by atoms with Gasteiger partial charge in [-0.15, -0.1) is 0 Å². The maximum Gasteiger partial charge on any atom is 0.116 e. The highest BCUT2D eigenvalue weighted by Gasteiger charge is 2.65. The number of rotatable bonds is 2. The van der Waals surface area contributed by atoms with Crippen molar-refractivity contribution in [2.75, 3.05) is 33.2 Å². The summed E-state index contributed by atoms with van der Waals surface area (Å²) in [5, 5.41) is 23.1. The largest absolute Gasteiger partial charge is 0.391 e. The van der Waals surface area contributed by atoms with Gasteiger partial charge in [-0.25, -0.2) is 0 Å². The van der Waals surface area contributed by atoms with Crippen LogP contribution in [0.2, 0.25) is 0 Å². The molecule has 4 aliphatic carbocycles. The lowest BCUT2D eigenvalue weighted by molar-refractivity contribution is -0.940. The topological polar surface area (TPSA) is 43.7 Å². The van der Waals surface area contributed by atoms with E-state index in [1.165, 1.54) is 103 Å². The van der Waals surface area contributed by atoms with E-state index in [-0.39, 0.29) is 17.6 Å². The number of hydrogen-bond acceptors (Lipinski definition) is 3. The van der Waals surface area contributed by atoms with E-state index in [9.17, 15) is 10.2 Å². The minimum absolute atomic E-state index is 0.119. The molecule has 6 fully saturated rings. The molecule has 0 unspecified atom stereocenters. The first-order valence-electron chi connectivity index (χ1n) is 15.2. The second-order valence-electron chi connectivity index (χ2n) is 14.6. The van der Waals surface area contributed by atoms with Crippen molar-refractivity contribution in [1.82, 2.24) is 4.90 Å². The van der Waals surface area contributed by atoms with Crippen LogP contribution in [0.3, 0.4) is 0 Å². The molecule has 4 nitrogen and oxygen atoms in total. The minimum Gasteiger partial charge on any atom is -0.391 e. The lowest BCUT2D eigenvalue weighted by Gasteiger charge is -2.62. The third-order valence-corrected chi connectivity index (χ3v) is 13.2. The van der Waals surface area contributed by atoms with Gasteiger partial charge in [-0.2, -0.15) is 0 Å². The van der Waals surface area contributed by atoms with Crippen molar-refractivity contribution in [3.8, 4) is 0 Å². The molecule has 4 saturated carbocycles. The molecule has 2 saturated heterocycles. The maximum absolute atomic E-state index is 11.8. The lowest BCUT2D eigenvalue weighted by Crippen LogP contribution is -2.60. The van der Waals surface area contributed by atoms with Gasteiger partial charge in [0.05, 0.1) is 26.2 Å². The number of piperidine rings is 2. The molecule has 0 amide bonds. The van der Waals surface area contributed by atoms with Gasteiger partial charge >= 0.3 is 0 Å². The lowest BCUT2D eigenvalue weighted by atomic mass is 9.44. The standard InChI is InChI=1S/C30H53N2O2/c1-29-13-12-23-22(24(29)19-26(28(29)34)32(3)16-8-5-9-17-32)11-10-21-18-27(33)25(20-30(21,23)2)31-14-6-4-7-15-31/h21-28,33-34H,4-20H2,1-3H3/q+1/t21-,22+,23-,24-,25-,26-,27-,28-,29-,30-/m0/s1. The van der Waals surface area contributed by atoms with Gasteiger partial charge in [0.2, 0.25) is 0 Å². The van der Waals surface area contributed by atoms with Crippen LogP contribution in [-0.4, -0.2) is 77.1 Å². The zero-order chi connectivity index (χ0) is 23.7. The van der Waals surface area contributed by atoms with Crippen molar-refractivity contribution in [3.63, 3.8) is 0 Å². The molecule has 0 aromatic rings. The number of likely N-dealkylation sites (tertiary alicyclic amines) is 2. The van der Waals surface area contributed by atoms with Gasteiger partial charge in [-0.3, -0.25) is 4.90 Å². The van der Waals surface area contributed by atoms with Gasteiger partial charge in [0.15, 0.2) is 0 Å². The van der Waals surface area contributed by atoms with E-state index in [1.54, 1.807) is 0 Å². The number of aliphatic hydroxyl groups excluding tert-OH is 2. The molecular weight excluding hydrogens is 420 g/mol. The average Bonchev–Trinajstić information content (AvgIpc) is 3.12. The number of likely N-dealkylation sites (N-methyl/N-ethyl adjacent to an activating group) is 1. The molecule has 10 atom stereocenters. The first-order valence-corrected chi connectivity index (χ1v) is 15.2. The van der Waals surface area contributed by atoms with Crippen LogP contribution < -0.4 is 0 Å². The summed E-state index contributed by atoms with van der Waals surface area (Å²) in [7, 11) is 2.47. The Morgan fingerprint density at radius 3 is 2.24 bits per heavy atom. The van der Waals surface area contributed by atoms with Crippen molar-refractivity contribution in [3.05, 3.63) is 0 Å². The molecule has 2 aliphatic heterocycles. The molecule has 6 aliphatic rings. The van der Waals surface area contributed by atoms with E-state index in [0.717, 1.165) is 22.7 Å². The van der Waals surface area contributed by atoms with Gasteiger partial charge in [0.1, 0.15) is 12.1 Å². The molecule has 6 rings (SSSR count). The maximum atomic E-state index is 11.8. The van der Waals surface area contributed by atoms with Crippen molar-refractivity contribution >= 4 is 0 Å². The van der Waals surface area contributed by atoms with E-state index in [4.69, 9.17) is 0 Å². The fourth-order valence-corrected chi connectivity index (χ4v) is 11.0. The van der Waals surface area contributed by atoms with Crippen LogP contribution in [0.5, 0.6) is 0 Å². The highest BCUT2D eigenvalue weighted by Crippen LogP contribution is 2.67. The van der Waals surface area contributed by atoms with Crippen LogP contribution in [0.1, 0.15) is 97.3 Å². The van der Waals surface area contributed by atoms with E-state index in [0.29, 0.717) is 29.3 Å². The van der Waals surface area contributed by atoms with Crippen LogP contribution in [-0.2, 0) is 0 Å². The Labute approximate surface area is 209 Å². The Morgan fingerprint density at radius 1 is 0.794 bits per heavy atom. The second kappa shape index (κ2) is 8.71. The number of quaternary nitrogens is 1. The number of fused-ring (bicyclic) bond motifs is 5. The molecule has 0 radical (unpaired) electrons. The van der Waals surface area contributed by atoms with E-state index in [1.807, 2.05) is 0 Å². The molecule has 2 N–H and O–H groups in total. The molecular formula is C30H53N2O2+. The average molecular weight is 474 g/mol. The highest BCUT2D eigenvalue weighted by atomic mass is 16.3. The van der Waals surface area contributed by atoms with Crippen molar-refractivity contribution in [2.45, 2.75) is 122 Å². The monoisotopic (exact) mass is 473 g/mol. The normalized spacial score (nSPS) is 53.6. The van der Waals surface area contributed by atoms with Gasteiger partial charge < -0.3 is 14.7 Å². The Kier molecular flexibility index (Phi) is 6.19. The smallest absolute Gasteiger partial charge is 0.116 e. The predicted octanol–water partition coefficient (Wildman–Crippen LogP) is 4.82. The Bertz CT molecular complexity index is 746. The van der Waals surface area contributed by atoms with E-state index < -0.39 is 0 Å². The van der Waals surface area contributed by atoms with Crippen LogP contribution in [0.25, 0.3) is 0 Å². The summed E-state index contributed by atoms with van der Waals surface area (Å²) in [4.78, 5) is 2.67. The van der Waals surface area contributed by atoms with Crippen LogP contribution >= 0.6 is 0 Å². The van der Waals surface area contributed by atoms with Crippen LogP contribution in [0.4, 0.5) is 0 Å². The van der Waals surface area contributed by atoms with Gasteiger partial charge in [0, 0.05) is 17.9 Å². The Balaban J connectivity index is 1.25. The molecule has 0 aromatic carbocycles. The van der Waals surface area contributed by atoms with E-state index >= 15 is 0 Å². The second-order valence-corrected chi connectivity index (χ2v) is 14.6. The molecule has 4 heteroatoms. The molecule has 194 valence electrons. The molecule has 0 bridgehead atoms. The summed E-state index contributed by atoms with van der Waals surface area (Å²) in [6, 6.07) is 0.835. The molecule has 0 aromatic heterocycles. The number of hydrogen-bond donors (Lipinski definition) is 2. The summed E-state index contributed by atoms with van der Waals surface area (Å²) in [5.41, 5.74) is 0.492. The van der Waals surface area contributed by atoms with Gasteiger partial charge in [0.25, 0.3) is 0 Å². The van der Waals surface area contributed by atoms with Gasteiger partial charge in [-0.1, -0.05) is 20.3 Å². The summed E-state index contributed by atoms with van der Waals surface area (Å²) in [6.45, 7) is 10.1. The fourth-order valence-electron chi connectivity index (χ4n) is 11.0. The van der Waals surface area contributed by atoms with Crippen LogP contribution in [0, 0.1) is 34.5 Å². The van der Waals surface area contributed by atoms with E-state index in [2.05, 4.69) is 25.8 Å². The quantitative estimate of drug-likeness (QED) is 0.565. The zero-order valence-electron chi connectivity index (χ0n) is 22.4. The highest BCUT2D eigenvalue weighted by molar-refractivity contribution is 5.13. The van der Waals surface area contributed by atoms with Crippen molar-refractivity contribution in [1.29, 1.82) is 0 Å². The summed E-state index contributed by atoms with van der Waals surface area (Å²) in [5.74, 6) is 2.97. The zero-order valence-corrected chi connectivity index (χ0v) is 22.4. The summed E-state index contributed by atoms with van der Waals surface area (Å²) < 4.78 is 1.13. The predicted molar refractivity (Wildman–Crippen MR) is 137 cm³/mol. The van der Waals surface area contributed by atoms with Gasteiger partial charge in [-0.05, 0) is 113 Å². The third-order valence-electron chi connectivity index (χ3n) is 13.2. The fraction of sp³-hybridized carbons (Fsp3) is 1.00. The molecule has 2 heterocycles. The number of aliphatic hydroxyl groups is 2. The van der Waals surface area contributed by atoms with Crippen LogP contribution in [0.15, 0.2) is 0 Å². The number of nitrogens with zero attached hydrogens (tertiary/aromatic N) is 2. The summed E-state index contributed by atoms with van der Waals surface area (Å²) in [6.07, 6.45) is 16.5. The first kappa shape index (κ1) is 24.2. The SMILES string of the molecule is C[C@]12C[C@H](N3CCCCC3)[C@@H](O)C[C@@H]1CC[C@@H]1[C@@H]2CC[C@]2(C)[C@@H](O)[C@@H]([N+]3(C)CCCCC3)C[C@@H]12. The molecule has 34 heavy (non-hydrogen) atoms.